The Kier molecular flexibility index (Phi) is 8.61. The molecule has 0 saturated heterocycles. The van der Waals surface area contributed by atoms with Gasteiger partial charge in [0.15, 0.2) is 0 Å². The molecule has 12 heavy (non-hydrogen) atoms. The molecule has 0 amide bonds. The Morgan fingerprint density at radius 1 is 1.33 bits per heavy atom. The molecule has 6 heteroatoms. The maximum absolute atomic E-state index is 10.1. The molecule has 0 aliphatic heterocycles. The summed E-state index contributed by atoms with van der Waals surface area (Å²) < 4.78 is 14.6. The fourth-order valence-electron chi connectivity index (χ4n) is 0.560. The molecule has 0 saturated carbocycles. The van der Waals surface area contributed by atoms with Gasteiger partial charge in [0.2, 0.25) is 0 Å². The van der Waals surface area contributed by atoms with E-state index in [2.05, 4.69) is 3.97 Å². The van der Waals surface area contributed by atoms with Gasteiger partial charge in [0.05, 0.1) is 0 Å². The quantitative estimate of drug-likeness (QED) is 0.485. The summed E-state index contributed by atoms with van der Waals surface area (Å²) in [5.41, 5.74) is 0. The normalized spacial score (nSPS) is 11.8. The summed E-state index contributed by atoms with van der Waals surface area (Å²) in [6.07, 6.45) is 0. The van der Waals surface area contributed by atoms with Crippen LogP contribution in [0.2, 0.25) is 0 Å². The zero-order chi connectivity index (χ0) is 8.10. The van der Waals surface area contributed by atoms with Crippen LogP contribution in [-0.2, 0) is 8.54 Å². The molecule has 0 aromatic heterocycles. The van der Waals surface area contributed by atoms with Crippen molar-refractivity contribution in [3.8, 4) is 0 Å². The van der Waals surface area contributed by atoms with Gasteiger partial charge in [-0.3, -0.25) is 4.57 Å². The molecule has 1 aromatic carbocycles. The molecule has 1 atom stereocenters. The van der Waals surface area contributed by atoms with Crippen LogP contribution in [0.15, 0.2) is 35.2 Å². The maximum atomic E-state index is 10.1. The Hall–Kier alpha value is 1.36. The molecule has 0 aliphatic carbocycles. The molecule has 0 bridgehead atoms. The number of benzene rings is 1. The van der Waals surface area contributed by atoms with Crippen LogP contribution in [0, 0.1) is 0 Å². The zero-order valence-electron chi connectivity index (χ0n) is 5.56. The van der Waals surface area contributed by atoms with E-state index in [-0.39, 0.29) is 51.4 Å². The Morgan fingerprint density at radius 3 is 2.42 bits per heavy atom. The summed E-state index contributed by atoms with van der Waals surface area (Å²) in [5.74, 6) is 0. The Balaban J connectivity index is 0.00000121. The van der Waals surface area contributed by atoms with Crippen LogP contribution in [0.5, 0.6) is 0 Å². The van der Waals surface area contributed by atoms with Gasteiger partial charge >= 0.3 is 59.6 Å². The summed E-state index contributed by atoms with van der Waals surface area (Å²) in [7, 11) is -2.82. The Labute approximate surface area is 118 Å². The van der Waals surface area contributed by atoms with E-state index >= 15 is 0 Å². The second kappa shape index (κ2) is 7.73. The first-order valence-corrected chi connectivity index (χ1v) is 4.92. The van der Waals surface area contributed by atoms with Crippen molar-refractivity contribution in [2.45, 2.75) is 4.90 Å². The van der Waals surface area contributed by atoms with Crippen LogP contribution in [0.1, 0.15) is 0 Å². The van der Waals surface area contributed by atoms with Gasteiger partial charge in [0.25, 0.3) is 0 Å². The van der Waals surface area contributed by atoms with Crippen LogP contribution < -0.4 is 0 Å². The average Bonchev–Trinajstić information content (AvgIpc) is 2.03. The fourth-order valence-corrected chi connectivity index (χ4v) is 1.50. The predicted octanol–water partition coefficient (Wildman–Crippen LogP) is 1.44. The third kappa shape index (κ3) is 5.91. The van der Waals surface area contributed by atoms with Crippen molar-refractivity contribution in [3.63, 3.8) is 0 Å². The molecular weight excluding hydrogens is 222 g/mol. The first-order valence-electron chi connectivity index (χ1n) is 2.91. The second-order valence-corrected chi connectivity index (χ2v) is 3.58. The van der Waals surface area contributed by atoms with Crippen molar-refractivity contribution in [1.82, 2.24) is 0 Å². The SMILES string of the molecule is O=[PH](O)OSc1ccccc1.[KH]. The summed E-state index contributed by atoms with van der Waals surface area (Å²) >= 11 is 0.911. The molecule has 0 radical (unpaired) electrons. The molecule has 0 aliphatic rings. The van der Waals surface area contributed by atoms with E-state index in [1.165, 1.54) is 0 Å². The topological polar surface area (TPSA) is 46.5 Å². The standard InChI is InChI=1S/C6H7O3PS.K.H/c7-10(8)9-11-6-4-2-1-3-5-6;;/h1-5,10H,(H,7,8);;. The van der Waals surface area contributed by atoms with Gasteiger partial charge in [-0.15, -0.1) is 0 Å². The van der Waals surface area contributed by atoms with E-state index in [1.54, 1.807) is 12.1 Å². The molecular formula is C6H8KO3PS. The molecule has 0 spiro atoms. The van der Waals surface area contributed by atoms with Gasteiger partial charge in [-0.2, -0.15) is 0 Å². The second-order valence-electron chi connectivity index (χ2n) is 1.75. The minimum absolute atomic E-state index is 0. The van der Waals surface area contributed by atoms with Crippen molar-refractivity contribution in [3.05, 3.63) is 30.3 Å². The summed E-state index contributed by atoms with van der Waals surface area (Å²) in [4.78, 5) is 9.14. The van der Waals surface area contributed by atoms with Gasteiger partial charge < -0.3 is 4.89 Å². The van der Waals surface area contributed by atoms with E-state index in [0.29, 0.717) is 0 Å². The van der Waals surface area contributed by atoms with Crippen LogP contribution in [0.25, 0.3) is 0 Å². The summed E-state index contributed by atoms with van der Waals surface area (Å²) in [6.45, 7) is 0. The van der Waals surface area contributed by atoms with Crippen molar-refractivity contribution in [1.29, 1.82) is 0 Å². The van der Waals surface area contributed by atoms with Crippen LogP contribution in [0.3, 0.4) is 0 Å². The van der Waals surface area contributed by atoms with Gasteiger partial charge in [0.1, 0.15) is 0 Å². The molecule has 62 valence electrons. The van der Waals surface area contributed by atoms with Gasteiger partial charge in [0, 0.05) is 16.9 Å². The minimum atomic E-state index is -2.82. The molecule has 1 rings (SSSR count). The van der Waals surface area contributed by atoms with E-state index in [0.717, 1.165) is 16.9 Å². The number of hydrogen-bond donors (Lipinski definition) is 1. The van der Waals surface area contributed by atoms with Crippen LogP contribution in [-0.4, -0.2) is 56.3 Å². The van der Waals surface area contributed by atoms with Gasteiger partial charge in [-0.05, 0) is 12.1 Å². The Morgan fingerprint density at radius 2 is 1.92 bits per heavy atom. The zero-order valence-corrected chi connectivity index (χ0v) is 7.38. The van der Waals surface area contributed by atoms with Crippen LogP contribution >= 0.6 is 20.3 Å². The third-order valence-electron chi connectivity index (χ3n) is 0.952. The average molecular weight is 230 g/mol. The molecule has 0 heterocycles. The van der Waals surface area contributed by atoms with Crippen LogP contribution in [0.4, 0.5) is 0 Å². The molecule has 1 unspecified atom stereocenters. The molecule has 1 aromatic rings. The number of rotatable bonds is 3. The molecule has 1 N–H and O–H groups in total. The summed E-state index contributed by atoms with van der Waals surface area (Å²) in [5, 5.41) is 0. The molecule has 0 fully saturated rings. The molecule has 3 nitrogen and oxygen atoms in total. The summed E-state index contributed by atoms with van der Waals surface area (Å²) in [6, 6.07) is 9.14. The third-order valence-corrected chi connectivity index (χ3v) is 2.32. The predicted molar refractivity (Wildman–Crippen MR) is 51.8 cm³/mol. The van der Waals surface area contributed by atoms with Gasteiger partial charge in [-0.1, -0.05) is 18.2 Å². The van der Waals surface area contributed by atoms with Crippen molar-refractivity contribution in [2.24, 2.45) is 0 Å². The van der Waals surface area contributed by atoms with E-state index in [1.807, 2.05) is 18.2 Å². The van der Waals surface area contributed by atoms with E-state index in [4.69, 9.17) is 4.89 Å². The Bertz CT molecular complexity index is 244. The van der Waals surface area contributed by atoms with Crippen molar-refractivity contribution >= 4 is 71.7 Å². The van der Waals surface area contributed by atoms with Crippen molar-refractivity contribution in [2.75, 3.05) is 0 Å². The van der Waals surface area contributed by atoms with E-state index < -0.39 is 8.25 Å². The first kappa shape index (κ1) is 13.4. The fraction of sp³-hybridized carbons (Fsp3) is 0. The monoisotopic (exact) mass is 230 g/mol. The number of hydrogen-bond acceptors (Lipinski definition) is 3. The first-order chi connectivity index (χ1) is 5.29. The van der Waals surface area contributed by atoms with E-state index in [9.17, 15) is 4.57 Å². The van der Waals surface area contributed by atoms with Crippen molar-refractivity contribution < 1.29 is 13.4 Å². The van der Waals surface area contributed by atoms with Gasteiger partial charge in [-0.25, -0.2) is 3.97 Å².